The van der Waals surface area contributed by atoms with E-state index in [0.717, 1.165) is 5.32 Å². The van der Waals surface area contributed by atoms with Crippen LogP contribution in [0.25, 0.3) is 0 Å². The summed E-state index contributed by atoms with van der Waals surface area (Å²) in [4.78, 5) is 10.2. The van der Waals surface area contributed by atoms with Crippen molar-refractivity contribution in [1.29, 1.82) is 0 Å². The van der Waals surface area contributed by atoms with Crippen LogP contribution in [0.2, 0.25) is 5.32 Å². The molecule has 46 valence electrons. The van der Waals surface area contributed by atoms with Gasteiger partial charge in [0.25, 0.3) is 0 Å². The average Bonchev–Trinajstić information content (AvgIpc) is 2.12. The van der Waals surface area contributed by atoms with Crippen LogP contribution in [-0.2, 0) is 4.79 Å². The topological polar surface area (TPSA) is 49.3 Å². The van der Waals surface area contributed by atoms with Gasteiger partial charge >= 0.3 is 53.2 Å². The van der Waals surface area contributed by atoms with Gasteiger partial charge in [-0.25, -0.2) is 0 Å². The fourth-order valence-electron chi connectivity index (χ4n) is 0.537. The Morgan fingerprint density at radius 1 is 1.88 bits per heavy atom. The summed E-state index contributed by atoms with van der Waals surface area (Å²) in [6, 6.07) is 0. The van der Waals surface area contributed by atoms with E-state index in [-0.39, 0.29) is 5.92 Å². The summed E-state index contributed by atoms with van der Waals surface area (Å²) >= 11 is 0.392. The first-order valence-corrected chi connectivity index (χ1v) is 4.45. The van der Waals surface area contributed by atoms with Crippen molar-refractivity contribution >= 4 is 21.1 Å². The monoisotopic (exact) mass is 181 g/mol. The Kier molecular flexibility index (Phi) is 1.89. The van der Waals surface area contributed by atoms with Gasteiger partial charge in [-0.3, -0.25) is 0 Å². The molecule has 1 aliphatic heterocycles. The van der Waals surface area contributed by atoms with Crippen LogP contribution in [0, 0.1) is 5.92 Å². The van der Waals surface area contributed by atoms with Crippen LogP contribution >= 0.6 is 0 Å². The van der Waals surface area contributed by atoms with E-state index in [4.69, 9.17) is 5.11 Å². The van der Waals surface area contributed by atoms with E-state index in [1.165, 1.54) is 0 Å². The number of hydrogen-bond acceptors (Lipinski definition) is 2. The van der Waals surface area contributed by atoms with Crippen molar-refractivity contribution < 1.29 is 9.90 Å². The number of nitrogens with one attached hydrogen (secondary N) is 1. The summed E-state index contributed by atoms with van der Waals surface area (Å²) in [5.41, 5.74) is 0. The molecule has 3 nitrogen and oxygen atoms in total. The van der Waals surface area contributed by atoms with Gasteiger partial charge in [0.1, 0.15) is 0 Å². The molecule has 1 saturated heterocycles. The predicted molar refractivity (Wildman–Crippen MR) is 29.7 cm³/mol. The first-order chi connectivity index (χ1) is 3.80. The number of rotatable bonds is 1. The van der Waals surface area contributed by atoms with Crippen molar-refractivity contribution in [2.45, 2.75) is 5.32 Å². The Morgan fingerprint density at radius 3 is 2.88 bits per heavy atom. The summed E-state index contributed by atoms with van der Waals surface area (Å²) in [5, 5.41) is 9.23. The minimum atomic E-state index is -0.656. The molecule has 0 aliphatic carbocycles. The number of hydrogen-bond donors (Lipinski definition) is 2. The molecule has 2 N–H and O–H groups in total. The van der Waals surface area contributed by atoms with E-state index in [1.54, 1.807) is 0 Å². The van der Waals surface area contributed by atoms with Crippen LogP contribution in [0.1, 0.15) is 0 Å². The third-order valence-corrected chi connectivity index (χ3v) is 3.04. The second-order valence-corrected chi connectivity index (χ2v) is 3.61. The van der Waals surface area contributed by atoms with Gasteiger partial charge < -0.3 is 0 Å². The molecule has 0 amide bonds. The van der Waals surface area contributed by atoms with Crippen molar-refractivity contribution in [2.24, 2.45) is 5.92 Å². The molecule has 0 radical (unpaired) electrons. The Balaban J connectivity index is 2.35. The van der Waals surface area contributed by atoms with Gasteiger partial charge in [0.05, 0.1) is 0 Å². The Labute approximate surface area is 53.8 Å². The summed E-state index contributed by atoms with van der Waals surface area (Å²) < 4.78 is 3.04. The molecule has 8 heavy (non-hydrogen) atoms. The van der Waals surface area contributed by atoms with Crippen LogP contribution in [0.15, 0.2) is 0 Å². The van der Waals surface area contributed by atoms with E-state index in [1.807, 2.05) is 0 Å². The van der Waals surface area contributed by atoms with Crippen molar-refractivity contribution in [3.63, 3.8) is 0 Å². The van der Waals surface area contributed by atoms with Crippen molar-refractivity contribution in [3.8, 4) is 0 Å². The summed E-state index contributed by atoms with van der Waals surface area (Å²) in [7, 11) is 0. The fourth-order valence-corrected chi connectivity index (χ4v) is 2.42. The third-order valence-electron chi connectivity index (χ3n) is 1.07. The molecule has 0 aromatic heterocycles. The first-order valence-electron chi connectivity index (χ1n) is 2.38. The molecule has 1 unspecified atom stereocenters. The van der Waals surface area contributed by atoms with E-state index < -0.39 is 5.97 Å². The Morgan fingerprint density at radius 2 is 2.62 bits per heavy atom. The van der Waals surface area contributed by atoms with Gasteiger partial charge in [-0.1, -0.05) is 0 Å². The molecule has 0 aromatic carbocycles. The molecule has 4 heteroatoms. The van der Waals surface area contributed by atoms with Crippen molar-refractivity contribution in [2.75, 3.05) is 6.54 Å². The molecule has 0 saturated carbocycles. The Hall–Kier alpha value is -0.0505. The molecular weight excluding hydrogens is 173 g/mol. The maximum absolute atomic E-state index is 10.2. The van der Waals surface area contributed by atoms with E-state index >= 15 is 0 Å². The van der Waals surface area contributed by atoms with Crippen molar-refractivity contribution in [1.82, 2.24) is 4.33 Å². The van der Waals surface area contributed by atoms with Gasteiger partial charge in [-0.05, 0) is 0 Å². The van der Waals surface area contributed by atoms with Gasteiger partial charge in [-0.15, -0.1) is 0 Å². The van der Waals surface area contributed by atoms with Gasteiger partial charge in [0.2, 0.25) is 0 Å². The second-order valence-electron chi connectivity index (χ2n) is 1.69. The number of aliphatic carboxylic acids is 1. The fraction of sp³-hybridized carbons (Fsp3) is 0.750. The normalized spacial score (nSPS) is 28.2. The van der Waals surface area contributed by atoms with Crippen LogP contribution in [0.3, 0.4) is 0 Å². The first kappa shape index (κ1) is 6.08. The zero-order valence-electron chi connectivity index (χ0n) is 4.26. The predicted octanol–water partition coefficient (Wildman–Crippen LogP) is -0.672. The molecule has 0 spiro atoms. The van der Waals surface area contributed by atoms with Crippen LogP contribution in [0.4, 0.5) is 0 Å². The molecule has 1 aliphatic rings. The SMILES string of the molecule is O=C(O)C1CN[Se]C1. The summed E-state index contributed by atoms with van der Waals surface area (Å²) in [5.74, 6) is -0.758. The molecule has 1 fully saturated rings. The maximum atomic E-state index is 10.2. The summed E-state index contributed by atoms with van der Waals surface area (Å²) in [6.07, 6.45) is 0. The summed E-state index contributed by atoms with van der Waals surface area (Å²) in [6.45, 7) is 0.676. The zero-order chi connectivity index (χ0) is 5.98. The number of carbonyl (C=O) groups is 1. The van der Waals surface area contributed by atoms with E-state index in [9.17, 15) is 4.79 Å². The van der Waals surface area contributed by atoms with E-state index in [0.29, 0.717) is 21.7 Å². The quantitative estimate of drug-likeness (QED) is 0.526. The molecule has 1 heterocycles. The van der Waals surface area contributed by atoms with Gasteiger partial charge in [0, 0.05) is 0 Å². The van der Waals surface area contributed by atoms with Crippen LogP contribution < -0.4 is 4.33 Å². The molecule has 1 atom stereocenters. The van der Waals surface area contributed by atoms with Crippen molar-refractivity contribution in [3.05, 3.63) is 0 Å². The second kappa shape index (κ2) is 2.48. The molecule has 0 bridgehead atoms. The number of carboxylic acid groups (broad SMARTS) is 1. The standard InChI is InChI=1S/C4H7NO2Se/c6-4(7)3-1-5-8-2-3/h3,5H,1-2H2,(H,6,7). The zero-order valence-corrected chi connectivity index (χ0v) is 5.97. The Bertz CT molecular complexity index is 100. The van der Waals surface area contributed by atoms with Gasteiger partial charge in [-0.2, -0.15) is 0 Å². The third kappa shape index (κ3) is 1.22. The minimum absolute atomic E-state index is 0.102. The average molecular weight is 180 g/mol. The van der Waals surface area contributed by atoms with E-state index in [2.05, 4.69) is 4.33 Å². The molecule has 0 aromatic rings. The van der Waals surface area contributed by atoms with Crippen LogP contribution in [0.5, 0.6) is 0 Å². The molecular formula is C4H7NO2Se. The molecule has 1 rings (SSSR count). The van der Waals surface area contributed by atoms with Gasteiger partial charge in [0.15, 0.2) is 0 Å². The van der Waals surface area contributed by atoms with Crippen LogP contribution in [-0.4, -0.2) is 32.8 Å². The number of carboxylic acids is 1.